The molecule has 6 nitrogen and oxygen atoms in total. The molecule has 3 N–H and O–H groups in total. The van der Waals surface area contributed by atoms with Gasteiger partial charge in [-0.15, -0.1) is 0 Å². The molecule has 6 heteroatoms. The van der Waals surface area contributed by atoms with E-state index in [2.05, 4.69) is 34.1 Å². The van der Waals surface area contributed by atoms with Crippen LogP contribution in [0.2, 0.25) is 0 Å². The fraction of sp³-hybridized carbons (Fsp3) is 0.692. The molecule has 1 saturated heterocycles. The third-order valence-electron chi connectivity index (χ3n) is 3.54. The summed E-state index contributed by atoms with van der Waals surface area (Å²) in [6.07, 6.45) is 2.42. The van der Waals surface area contributed by atoms with Crippen LogP contribution in [-0.4, -0.2) is 29.7 Å². The lowest BCUT2D eigenvalue weighted by Gasteiger charge is -2.29. The van der Waals surface area contributed by atoms with E-state index in [-0.39, 0.29) is 0 Å². The maximum absolute atomic E-state index is 5.48. The first-order valence-electron chi connectivity index (χ1n) is 6.76. The quantitative estimate of drug-likeness (QED) is 0.621. The standard InChI is InChI=1S/C13H23N5O/c1-9(2)10-5-4-6-18(10)13-7-11(17-14)15-12(16-13)8-19-3/h7,9-10H,4-6,8,14H2,1-3H3,(H,15,16,17). The van der Waals surface area contributed by atoms with Crippen molar-refractivity contribution in [1.29, 1.82) is 0 Å². The summed E-state index contributed by atoms with van der Waals surface area (Å²) in [5.41, 5.74) is 2.60. The van der Waals surface area contributed by atoms with Crippen LogP contribution in [0.15, 0.2) is 6.07 Å². The summed E-state index contributed by atoms with van der Waals surface area (Å²) in [6.45, 7) is 5.93. The molecule has 0 amide bonds. The number of nitrogens with two attached hydrogens (primary N) is 1. The second-order valence-corrected chi connectivity index (χ2v) is 5.25. The topological polar surface area (TPSA) is 76.3 Å². The molecule has 1 fully saturated rings. The Morgan fingerprint density at radius 1 is 1.53 bits per heavy atom. The van der Waals surface area contributed by atoms with Crippen molar-refractivity contribution >= 4 is 11.6 Å². The van der Waals surface area contributed by atoms with Crippen molar-refractivity contribution < 1.29 is 4.74 Å². The Bertz CT molecular complexity index is 423. The van der Waals surface area contributed by atoms with Crippen LogP contribution in [0.3, 0.4) is 0 Å². The van der Waals surface area contributed by atoms with Crippen LogP contribution in [0.5, 0.6) is 0 Å². The van der Waals surface area contributed by atoms with Crippen LogP contribution in [0.25, 0.3) is 0 Å². The number of nitrogens with zero attached hydrogens (tertiary/aromatic N) is 3. The van der Waals surface area contributed by atoms with E-state index in [9.17, 15) is 0 Å². The number of hydrazine groups is 1. The Morgan fingerprint density at radius 3 is 2.95 bits per heavy atom. The molecule has 106 valence electrons. The summed E-state index contributed by atoms with van der Waals surface area (Å²) in [5, 5.41) is 0. The van der Waals surface area contributed by atoms with Gasteiger partial charge in [0.25, 0.3) is 0 Å². The summed E-state index contributed by atoms with van der Waals surface area (Å²) in [5.74, 6) is 8.31. The van der Waals surface area contributed by atoms with Gasteiger partial charge < -0.3 is 15.1 Å². The Hall–Kier alpha value is -1.40. The monoisotopic (exact) mass is 265 g/mol. The predicted octanol–water partition coefficient (Wildman–Crippen LogP) is 1.53. The predicted molar refractivity (Wildman–Crippen MR) is 75.8 cm³/mol. The van der Waals surface area contributed by atoms with Gasteiger partial charge in [0.1, 0.15) is 18.2 Å². The van der Waals surface area contributed by atoms with E-state index < -0.39 is 0 Å². The van der Waals surface area contributed by atoms with Gasteiger partial charge in [-0.2, -0.15) is 0 Å². The second kappa shape index (κ2) is 6.16. The van der Waals surface area contributed by atoms with E-state index in [1.165, 1.54) is 12.8 Å². The van der Waals surface area contributed by atoms with Crippen molar-refractivity contribution in [2.45, 2.75) is 39.3 Å². The van der Waals surface area contributed by atoms with Gasteiger partial charge in [0.2, 0.25) is 0 Å². The van der Waals surface area contributed by atoms with Crippen molar-refractivity contribution in [2.75, 3.05) is 24.0 Å². The van der Waals surface area contributed by atoms with Crippen molar-refractivity contribution in [1.82, 2.24) is 9.97 Å². The lowest BCUT2D eigenvalue weighted by molar-refractivity contribution is 0.178. The number of hydrogen-bond acceptors (Lipinski definition) is 6. The fourth-order valence-corrected chi connectivity index (χ4v) is 2.67. The number of nitrogens with one attached hydrogen (secondary N) is 1. The second-order valence-electron chi connectivity index (χ2n) is 5.25. The number of ether oxygens (including phenoxy) is 1. The fourth-order valence-electron chi connectivity index (χ4n) is 2.67. The van der Waals surface area contributed by atoms with Gasteiger partial charge in [-0.1, -0.05) is 13.8 Å². The van der Waals surface area contributed by atoms with E-state index in [4.69, 9.17) is 10.6 Å². The molecule has 0 aromatic carbocycles. The lowest BCUT2D eigenvalue weighted by atomic mass is 10.0. The first-order valence-corrected chi connectivity index (χ1v) is 6.76. The molecular formula is C13H23N5O. The average Bonchev–Trinajstić information content (AvgIpc) is 2.88. The molecule has 1 unspecified atom stereocenters. The van der Waals surface area contributed by atoms with E-state index in [1.807, 2.05) is 6.07 Å². The molecule has 0 spiro atoms. The number of aromatic nitrogens is 2. The molecule has 1 atom stereocenters. The van der Waals surface area contributed by atoms with Gasteiger partial charge >= 0.3 is 0 Å². The minimum Gasteiger partial charge on any atom is -0.377 e. The first kappa shape index (κ1) is 14.0. The zero-order valence-corrected chi connectivity index (χ0v) is 11.9. The minimum absolute atomic E-state index is 0.392. The van der Waals surface area contributed by atoms with Gasteiger partial charge in [0.15, 0.2) is 5.82 Å². The Morgan fingerprint density at radius 2 is 2.32 bits per heavy atom. The Balaban J connectivity index is 2.29. The van der Waals surface area contributed by atoms with Crippen LogP contribution >= 0.6 is 0 Å². The minimum atomic E-state index is 0.392. The van der Waals surface area contributed by atoms with Gasteiger partial charge in [-0.05, 0) is 18.8 Å². The van der Waals surface area contributed by atoms with Crippen LogP contribution in [0.1, 0.15) is 32.5 Å². The van der Waals surface area contributed by atoms with E-state index in [1.54, 1.807) is 7.11 Å². The summed E-state index contributed by atoms with van der Waals surface area (Å²) in [4.78, 5) is 11.2. The van der Waals surface area contributed by atoms with Crippen LogP contribution in [0.4, 0.5) is 11.6 Å². The van der Waals surface area contributed by atoms with Crippen LogP contribution in [0, 0.1) is 5.92 Å². The highest BCUT2D eigenvalue weighted by Crippen LogP contribution is 2.29. The molecule has 1 aliphatic rings. The van der Waals surface area contributed by atoms with Crippen LogP contribution in [-0.2, 0) is 11.3 Å². The highest BCUT2D eigenvalue weighted by atomic mass is 16.5. The van der Waals surface area contributed by atoms with Gasteiger partial charge in [0.05, 0.1) is 0 Å². The smallest absolute Gasteiger partial charge is 0.158 e. The highest BCUT2D eigenvalue weighted by molar-refractivity contribution is 5.50. The molecule has 0 aliphatic carbocycles. The Labute approximate surface area is 114 Å². The highest BCUT2D eigenvalue weighted by Gasteiger charge is 2.28. The molecule has 0 saturated carbocycles. The molecule has 2 rings (SSSR count). The van der Waals surface area contributed by atoms with E-state index >= 15 is 0 Å². The number of nitrogen functional groups attached to an aromatic ring is 1. The summed E-state index contributed by atoms with van der Waals surface area (Å²) in [6, 6.07) is 2.44. The molecule has 0 radical (unpaired) electrons. The summed E-state index contributed by atoms with van der Waals surface area (Å²) >= 11 is 0. The average molecular weight is 265 g/mol. The van der Waals surface area contributed by atoms with Crippen molar-refractivity contribution in [3.63, 3.8) is 0 Å². The normalized spacial score (nSPS) is 19.2. The van der Waals surface area contributed by atoms with Crippen molar-refractivity contribution in [2.24, 2.45) is 11.8 Å². The van der Waals surface area contributed by atoms with Crippen molar-refractivity contribution in [3.05, 3.63) is 11.9 Å². The zero-order chi connectivity index (χ0) is 13.8. The Kier molecular flexibility index (Phi) is 4.55. The molecule has 0 bridgehead atoms. The molecule has 1 aliphatic heterocycles. The number of methoxy groups -OCH3 is 1. The lowest BCUT2D eigenvalue weighted by Crippen LogP contribution is -2.34. The number of hydrogen-bond donors (Lipinski definition) is 2. The molecule has 2 heterocycles. The summed E-state index contributed by atoms with van der Waals surface area (Å²) < 4.78 is 5.11. The van der Waals surface area contributed by atoms with Crippen molar-refractivity contribution in [3.8, 4) is 0 Å². The molecular weight excluding hydrogens is 242 g/mol. The molecule has 1 aromatic heterocycles. The van der Waals surface area contributed by atoms with Gasteiger partial charge in [-0.3, -0.25) is 0 Å². The van der Waals surface area contributed by atoms with E-state index in [0.717, 1.165) is 12.4 Å². The third-order valence-corrected chi connectivity index (χ3v) is 3.54. The van der Waals surface area contributed by atoms with Crippen LogP contribution < -0.4 is 16.2 Å². The van der Waals surface area contributed by atoms with Gasteiger partial charge in [-0.25, -0.2) is 15.8 Å². The third kappa shape index (κ3) is 3.13. The van der Waals surface area contributed by atoms with Gasteiger partial charge in [0, 0.05) is 25.8 Å². The SMILES string of the molecule is COCc1nc(NN)cc(N2CCCC2C(C)C)n1. The first-order chi connectivity index (χ1) is 9.15. The largest absolute Gasteiger partial charge is 0.377 e. The summed E-state index contributed by atoms with van der Waals surface area (Å²) in [7, 11) is 1.64. The maximum atomic E-state index is 5.48. The zero-order valence-electron chi connectivity index (χ0n) is 11.9. The number of rotatable bonds is 5. The molecule has 19 heavy (non-hydrogen) atoms. The maximum Gasteiger partial charge on any atom is 0.158 e. The van der Waals surface area contributed by atoms with E-state index in [0.29, 0.717) is 30.2 Å². The molecule has 1 aromatic rings. The number of anilines is 2.